The van der Waals surface area contributed by atoms with Crippen LogP contribution in [0.15, 0.2) is 29.3 Å². The second kappa shape index (κ2) is 5.45. The fourth-order valence-electron chi connectivity index (χ4n) is 2.06. The molecule has 0 aliphatic carbocycles. The first-order valence-corrected chi connectivity index (χ1v) is 7.04. The van der Waals surface area contributed by atoms with E-state index >= 15 is 0 Å². The molecule has 2 rings (SSSR count). The van der Waals surface area contributed by atoms with Crippen molar-refractivity contribution in [1.29, 1.82) is 0 Å². The Kier molecular flexibility index (Phi) is 3.94. The van der Waals surface area contributed by atoms with Gasteiger partial charge in [0.1, 0.15) is 0 Å². The zero-order chi connectivity index (χ0) is 12.3. The van der Waals surface area contributed by atoms with Crippen molar-refractivity contribution in [1.82, 2.24) is 0 Å². The first kappa shape index (κ1) is 12.3. The Balaban J connectivity index is 2.13. The molecule has 1 unspecified atom stereocenters. The molecular formula is C13H19N3S. The molecule has 0 amide bonds. The van der Waals surface area contributed by atoms with Gasteiger partial charge >= 0.3 is 0 Å². The molecule has 17 heavy (non-hydrogen) atoms. The molecule has 1 aliphatic rings. The molecule has 3 nitrogen and oxygen atoms in total. The molecule has 0 aromatic heterocycles. The lowest BCUT2D eigenvalue weighted by Gasteiger charge is -2.21. The molecule has 0 radical (unpaired) electrons. The Labute approximate surface area is 107 Å². The molecule has 1 aromatic rings. The van der Waals surface area contributed by atoms with Crippen LogP contribution in [0.1, 0.15) is 25.5 Å². The van der Waals surface area contributed by atoms with Gasteiger partial charge in [-0.3, -0.25) is 4.99 Å². The number of hydrogen-bond donors (Lipinski definition) is 1. The number of thioether (sulfide) groups is 1. The normalized spacial score (nSPS) is 19.2. The third kappa shape index (κ3) is 2.75. The van der Waals surface area contributed by atoms with E-state index in [1.165, 1.54) is 11.3 Å². The Hall–Kier alpha value is -1.16. The molecule has 0 saturated carbocycles. The molecule has 1 heterocycles. The van der Waals surface area contributed by atoms with Gasteiger partial charge in [-0.25, -0.2) is 0 Å². The molecule has 4 heteroatoms. The van der Waals surface area contributed by atoms with Crippen LogP contribution in [0.25, 0.3) is 0 Å². The van der Waals surface area contributed by atoms with E-state index in [-0.39, 0.29) is 6.04 Å². The van der Waals surface area contributed by atoms with Gasteiger partial charge in [0.05, 0.1) is 6.04 Å². The van der Waals surface area contributed by atoms with Crippen LogP contribution < -0.4 is 10.6 Å². The summed E-state index contributed by atoms with van der Waals surface area (Å²) in [5.41, 5.74) is 8.23. The zero-order valence-electron chi connectivity index (χ0n) is 10.4. The van der Waals surface area contributed by atoms with Crippen molar-refractivity contribution in [2.45, 2.75) is 19.9 Å². The van der Waals surface area contributed by atoms with E-state index in [1.807, 2.05) is 0 Å². The van der Waals surface area contributed by atoms with Crippen molar-refractivity contribution in [3.8, 4) is 0 Å². The molecule has 1 aromatic carbocycles. The van der Waals surface area contributed by atoms with Crippen LogP contribution in [-0.2, 0) is 0 Å². The van der Waals surface area contributed by atoms with Crippen molar-refractivity contribution in [3.63, 3.8) is 0 Å². The number of benzene rings is 1. The number of hydrogen-bond acceptors (Lipinski definition) is 4. The molecule has 92 valence electrons. The summed E-state index contributed by atoms with van der Waals surface area (Å²) in [6.45, 7) is 6.44. The van der Waals surface area contributed by atoms with E-state index in [2.05, 4.69) is 48.0 Å². The van der Waals surface area contributed by atoms with Gasteiger partial charge in [-0.05, 0) is 31.5 Å². The third-order valence-corrected chi connectivity index (χ3v) is 3.96. The van der Waals surface area contributed by atoms with Gasteiger partial charge in [-0.2, -0.15) is 0 Å². The molecule has 0 spiro atoms. The highest BCUT2D eigenvalue weighted by Gasteiger charge is 2.17. The molecule has 2 N–H and O–H groups in total. The maximum absolute atomic E-state index is 5.69. The van der Waals surface area contributed by atoms with Crippen molar-refractivity contribution >= 4 is 22.6 Å². The smallest absolute Gasteiger partial charge is 0.154 e. The maximum Gasteiger partial charge on any atom is 0.154 e. The van der Waals surface area contributed by atoms with Gasteiger partial charge in [-0.15, -0.1) is 0 Å². The number of nitrogens with zero attached hydrogens (tertiary/aromatic N) is 2. The summed E-state index contributed by atoms with van der Waals surface area (Å²) < 4.78 is 0. The summed E-state index contributed by atoms with van der Waals surface area (Å²) in [5, 5.41) is 0.711. The van der Waals surface area contributed by atoms with Crippen molar-refractivity contribution in [2.75, 3.05) is 23.7 Å². The second-order valence-corrected chi connectivity index (χ2v) is 5.10. The van der Waals surface area contributed by atoms with Crippen LogP contribution >= 0.6 is 11.8 Å². The summed E-state index contributed by atoms with van der Waals surface area (Å²) >= 11 is 1.64. The number of nitrogens with two attached hydrogens (primary N) is 1. The van der Waals surface area contributed by atoms with Gasteiger partial charge < -0.3 is 10.6 Å². The van der Waals surface area contributed by atoms with Gasteiger partial charge in [0, 0.05) is 24.5 Å². The fourth-order valence-corrected chi connectivity index (χ4v) is 2.86. The summed E-state index contributed by atoms with van der Waals surface area (Å²) in [7, 11) is 0. The van der Waals surface area contributed by atoms with E-state index in [0.717, 1.165) is 18.8 Å². The summed E-state index contributed by atoms with van der Waals surface area (Å²) in [4.78, 5) is 6.76. The topological polar surface area (TPSA) is 41.6 Å². The van der Waals surface area contributed by atoms with E-state index in [9.17, 15) is 0 Å². The lowest BCUT2D eigenvalue weighted by atomic mass is 10.1. The van der Waals surface area contributed by atoms with E-state index in [1.54, 1.807) is 11.8 Å². The highest BCUT2D eigenvalue weighted by atomic mass is 32.2. The Bertz CT molecular complexity index is 396. The SMILES string of the molecule is CCN(CC)c1ccc(C2CSC(N)=N2)cc1. The predicted molar refractivity (Wildman–Crippen MR) is 76.8 cm³/mol. The lowest BCUT2D eigenvalue weighted by molar-refractivity contribution is 0.841. The minimum absolute atomic E-state index is 0.241. The third-order valence-electron chi connectivity index (χ3n) is 3.08. The molecule has 0 bridgehead atoms. The van der Waals surface area contributed by atoms with Gasteiger partial charge in [-0.1, -0.05) is 23.9 Å². The quantitative estimate of drug-likeness (QED) is 0.892. The van der Waals surface area contributed by atoms with Crippen LogP contribution in [0, 0.1) is 0 Å². The van der Waals surface area contributed by atoms with Gasteiger partial charge in [0.2, 0.25) is 0 Å². The Morgan fingerprint density at radius 2 is 1.94 bits per heavy atom. The Morgan fingerprint density at radius 1 is 1.29 bits per heavy atom. The largest absolute Gasteiger partial charge is 0.379 e. The number of amidine groups is 1. The van der Waals surface area contributed by atoms with Crippen LogP contribution in [0.4, 0.5) is 5.69 Å². The summed E-state index contributed by atoms with van der Waals surface area (Å²) in [6, 6.07) is 8.93. The molecule has 1 aliphatic heterocycles. The molecule has 0 fully saturated rings. The molecule has 0 saturated heterocycles. The Morgan fingerprint density at radius 3 is 2.41 bits per heavy atom. The predicted octanol–water partition coefficient (Wildman–Crippen LogP) is 2.64. The van der Waals surface area contributed by atoms with Gasteiger partial charge in [0.25, 0.3) is 0 Å². The average Bonchev–Trinajstić information content (AvgIpc) is 2.78. The maximum atomic E-state index is 5.69. The van der Waals surface area contributed by atoms with Crippen LogP contribution in [-0.4, -0.2) is 24.0 Å². The second-order valence-electron chi connectivity index (χ2n) is 4.06. The highest BCUT2D eigenvalue weighted by molar-refractivity contribution is 8.14. The van der Waals surface area contributed by atoms with Crippen molar-refractivity contribution in [3.05, 3.63) is 29.8 Å². The van der Waals surface area contributed by atoms with Crippen LogP contribution in [0.5, 0.6) is 0 Å². The van der Waals surface area contributed by atoms with E-state index in [0.29, 0.717) is 5.17 Å². The highest BCUT2D eigenvalue weighted by Crippen LogP contribution is 2.29. The number of anilines is 1. The summed E-state index contributed by atoms with van der Waals surface area (Å²) in [6.07, 6.45) is 0. The first-order chi connectivity index (χ1) is 8.24. The monoisotopic (exact) mass is 249 g/mol. The van der Waals surface area contributed by atoms with Crippen molar-refractivity contribution in [2.24, 2.45) is 10.7 Å². The van der Waals surface area contributed by atoms with Gasteiger partial charge in [0.15, 0.2) is 5.17 Å². The fraction of sp³-hybridized carbons (Fsp3) is 0.462. The van der Waals surface area contributed by atoms with Crippen LogP contribution in [0.2, 0.25) is 0 Å². The summed E-state index contributed by atoms with van der Waals surface area (Å²) in [5.74, 6) is 0.969. The lowest BCUT2D eigenvalue weighted by Crippen LogP contribution is -2.21. The van der Waals surface area contributed by atoms with Crippen LogP contribution in [0.3, 0.4) is 0 Å². The van der Waals surface area contributed by atoms with E-state index in [4.69, 9.17) is 5.73 Å². The van der Waals surface area contributed by atoms with Crippen molar-refractivity contribution < 1.29 is 0 Å². The van der Waals surface area contributed by atoms with E-state index < -0.39 is 0 Å². The molecule has 1 atom stereocenters. The average molecular weight is 249 g/mol. The zero-order valence-corrected chi connectivity index (χ0v) is 11.2. The number of rotatable bonds is 4. The number of aliphatic imine (C=N–C) groups is 1. The minimum atomic E-state index is 0.241. The minimum Gasteiger partial charge on any atom is -0.379 e. The first-order valence-electron chi connectivity index (χ1n) is 6.05. The molecular weight excluding hydrogens is 230 g/mol. The standard InChI is InChI=1S/C13H19N3S/c1-3-16(4-2)11-7-5-10(6-8-11)12-9-17-13(14)15-12/h5-8,12H,3-4,9H2,1-2H3,(H2,14,15).